The highest BCUT2D eigenvalue weighted by Crippen LogP contribution is 2.78. The van der Waals surface area contributed by atoms with Crippen molar-refractivity contribution in [2.24, 2.45) is 0 Å². The lowest BCUT2D eigenvalue weighted by Gasteiger charge is -2.26. The van der Waals surface area contributed by atoms with Crippen LogP contribution in [0, 0.1) is 13.8 Å². The smallest absolute Gasteiger partial charge is 0.390 e. The largest absolute Gasteiger partial charge is 0.501 e. The van der Waals surface area contributed by atoms with E-state index < -0.39 is 132 Å². The Morgan fingerprint density at radius 2 is 1.00 bits per heavy atom. The Labute approximate surface area is 314 Å². The number of aromatic amines is 2. The fourth-order valence-corrected chi connectivity index (χ4v) is 13.0. The lowest BCUT2D eigenvalue weighted by molar-refractivity contribution is -0.0580. The third-order valence-corrected chi connectivity index (χ3v) is 16.3. The molecular weight excluding hydrogens is 914 g/mol. The number of rotatable bonds is 18. The lowest BCUT2D eigenvalue weighted by Crippen LogP contribution is -2.33. The Hall–Kier alpha value is -1.94. The summed E-state index contributed by atoms with van der Waals surface area (Å²) in [6, 6.07) is 0. The molecule has 324 valence electrons. The van der Waals surface area contributed by atoms with Crippen LogP contribution in [-0.2, 0) is 67.5 Å². The maximum Gasteiger partial charge on any atom is 0.501 e. The van der Waals surface area contributed by atoms with E-state index in [-0.39, 0.29) is 11.1 Å². The molecule has 2 aromatic heterocycles. The van der Waals surface area contributed by atoms with Crippen LogP contribution in [0.4, 0.5) is 0 Å². The molecule has 4 heterocycles. The molecule has 2 aliphatic rings. The van der Waals surface area contributed by atoms with Crippen molar-refractivity contribution in [1.82, 2.24) is 19.1 Å². The average Bonchev–Trinajstić information content (AvgIpc) is 3.56. The molecule has 31 nitrogen and oxygen atoms in total. The summed E-state index contributed by atoms with van der Waals surface area (Å²) in [4.78, 5) is 108. The summed E-state index contributed by atoms with van der Waals surface area (Å²) in [5, 5.41) is 21.2. The summed E-state index contributed by atoms with van der Waals surface area (Å²) in [6.07, 6.45) is -8.09. The van der Waals surface area contributed by atoms with Gasteiger partial charge in [0, 0.05) is 36.4 Å². The average molecular weight is 946 g/mol. The predicted octanol–water partition coefficient (Wildman–Crippen LogP) is -1.28. The van der Waals surface area contributed by atoms with Gasteiger partial charge in [-0.2, -0.15) is 21.6 Å². The van der Waals surface area contributed by atoms with E-state index in [0.29, 0.717) is 0 Å². The molecule has 0 radical (unpaired) electrons. The van der Waals surface area contributed by atoms with Gasteiger partial charge in [0.05, 0.1) is 25.4 Å². The molecule has 2 fully saturated rings. The molecule has 2 aromatic rings. The van der Waals surface area contributed by atoms with Crippen LogP contribution in [-0.4, -0.2) is 96.3 Å². The molecule has 0 saturated carbocycles. The number of hydrogen-bond donors (Lipinski definition) is 10. The van der Waals surface area contributed by atoms with Crippen LogP contribution in [0.25, 0.3) is 0 Å². The number of aliphatic hydroxyl groups excluding tert-OH is 2. The number of hydrogen-bond acceptors (Lipinski definition) is 21. The van der Waals surface area contributed by atoms with Crippen molar-refractivity contribution >= 4 is 46.9 Å². The molecule has 9 atom stereocenters. The van der Waals surface area contributed by atoms with Crippen LogP contribution < -0.4 is 22.5 Å². The normalized spacial score (nSPS) is 26.5. The number of ether oxygens (including phenoxy) is 2. The fourth-order valence-electron chi connectivity index (χ4n) is 4.80. The van der Waals surface area contributed by atoms with Crippen molar-refractivity contribution in [2.45, 2.75) is 63.6 Å². The SMILES string of the molecule is Cc1cn([C@H]2C[C@H](O)[C@@H](COP(=O)(OC[C@H]3O[C@@H](n4cc(C)c(=O)[nH]c4=O)C[C@@H]3O)OP(=O)(OP(=O)(O)O)OP(=O)(O)OP(=O)(O)OP(=O)(O)O)O2)c(=O)[nH]c1=O. The van der Waals surface area contributed by atoms with Crippen LogP contribution in [0.3, 0.4) is 0 Å². The quantitative estimate of drug-likeness (QED) is 0.0778. The highest BCUT2D eigenvalue weighted by molar-refractivity contribution is 7.74. The second kappa shape index (κ2) is 17.6. The Bertz CT molecular complexity index is 2260. The summed E-state index contributed by atoms with van der Waals surface area (Å²) in [5.74, 6) is 0. The van der Waals surface area contributed by atoms with Gasteiger partial charge in [-0.05, 0) is 13.8 Å². The number of aryl methyl sites for hydroxylation is 2. The molecule has 10 N–H and O–H groups in total. The lowest BCUT2D eigenvalue weighted by atomic mass is 10.2. The van der Waals surface area contributed by atoms with Gasteiger partial charge in [0.2, 0.25) is 0 Å². The molecule has 0 amide bonds. The Kier molecular flexibility index (Phi) is 14.7. The number of aliphatic hydroxyl groups is 2. The topological polar surface area (TPSA) is 457 Å². The molecule has 2 saturated heterocycles. The number of H-pyrrole nitrogens is 2. The zero-order valence-electron chi connectivity index (χ0n) is 28.4. The first-order valence-electron chi connectivity index (χ1n) is 15.0. The molecular formula is C20H32N4O27P6. The molecule has 2 aliphatic heterocycles. The van der Waals surface area contributed by atoms with E-state index in [1.807, 2.05) is 9.97 Å². The number of phosphoric ester groups is 1. The standard InChI is InChI=1S/C20H32N4O27P6/c1-9-5-23(19(29)21-17(9)27)15-3-11(25)13(45-15)7-43-56(41,44-8-14-12(26)4-16(46-14)24-6-10(2)18(28)22-20(24)30)51-57(42,48-53(34,35)36)50-55(39,40)49-54(37,38)47-52(31,32)33/h5-6,11-16,25-26H,3-4,7-8H2,1-2H3,(H,37,38)(H,39,40)(H,21,27,29)(H,22,28,30)(H2,31,32,33)(H2,34,35,36)/t11-,12-,13+,14+,15+,16+,57?/m0/s1. The molecule has 3 unspecified atom stereocenters. The van der Waals surface area contributed by atoms with E-state index >= 15 is 0 Å². The van der Waals surface area contributed by atoms with Crippen molar-refractivity contribution < 1.29 is 107 Å². The molecule has 0 spiro atoms. The van der Waals surface area contributed by atoms with Crippen LogP contribution >= 0.6 is 46.9 Å². The van der Waals surface area contributed by atoms with Crippen molar-refractivity contribution in [2.75, 3.05) is 13.2 Å². The monoisotopic (exact) mass is 946 g/mol. The van der Waals surface area contributed by atoms with Crippen LogP contribution in [0.1, 0.15) is 36.4 Å². The summed E-state index contributed by atoms with van der Waals surface area (Å²) in [7, 11) is -38.3. The Balaban J connectivity index is 1.64. The van der Waals surface area contributed by atoms with E-state index in [9.17, 15) is 76.4 Å². The number of aromatic nitrogens is 4. The van der Waals surface area contributed by atoms with Crippen molar-refractivity contribution in [3.8, 4) is 0 Å². The van der Waals surface area contributed by atoms with E-state index in [2.05, 4.69) is 21.6 Å². The van der Waals surface area contributed by atoms with E-state index in [1.165, 1.54) is 13.8 Å². The minimum absolute atomic E-state index is 0.0228. The van der Waals surface area contributed by atoms with Crippen LogP contribution in [0.15, 0.2) is 31.6 Å². The van der Waals surface area contributed by atoms with Gasteiger partial charge in [0.1, 0.15) is 24.7 Å². The van der Waals surface area contributed by atoms with Gasteiger partial charge >= 0.3 is 58.3 Å². The second-order valence-corrected chi connectivity index (χ2v) is 21.0. The minimum Gasteiger partial charge on any atom is -0.390 e. The first kappa shape index (κ1) is 47.7. The molecule has 57 heavy (non-hydrogen) atoms. The Morgan fingerprint density at radius 3 is 1.39 bits per heavy atom. The molecule has 37 heteroatoms. The highest BCUT2D eigenvalue weighted by atomic mass is 31.3. The summed E-state index contributed by atoms with van der Waals surface area (Å²) >= 11 is 0. The maximum atomic E-state index is 14.0. The zero-order chi connectivity index (χ0) is 43.1. The number of nitrogens with zero attached hydrogens (tertiary/aromatic N) is 2. The van der Waals surface area contributed by atoms with Gasteiger partial charge in [-0.25, -0.2) is 37.0 Å². The van der Waals surface area contributed by atoms with Crippen LogP contribution in [0.5, 0.6) is 0 Å². The second-order valence-electron chi connectivity index (χ2n) is 11.6. The molecule has 0 bridgehead atoms. The maximum absolute atomic E-state index is 14.0. The van der Waals surface area contributed by atoms with Crippen molar-refractivity contribution in [3.05, 3.63) is 65.2 Å². The van der Waals surface area contributed by atoms with Crippen molar-refractivity contribution in [1.29, 1.82) is 0 Å². The summed E-state index contributed by atoms with van der Waals surface area (Å²) in [5.41, 5.74) is -3.48. The van der Waals surface area contributed by atoms with E-state index in [4.69, 9.17) is 28.3 Å². The predicted molar refractivity (Wildman–Crippen MR) is 177 cm³/mol. The van der Waals surface area contributed by atoms with Gasteiger partial charge in [-0.1, -0.05) is 0 Å². The van der Waals surface area contributed by atoms with Crippen molar-refractivity contribution in [3.63, 3.8) is 0 Å². The van der Waals surface area contributed by atoms with E-state index in [1.54, 1.807) is 0 Å². The van der Waals surface area contributed by atoms with Crippen LogP contribution in [0.2, 0.25) is 0 Å². The van der Waals surface area contributed by atoms with Gasteiger partial charge in [0.25, 0.3) is 11.1 Å². The van der Waals surface area contributed by atoms with Gasteiger partial charge < -0.3 is 49.0 Å². The number of phosphoric acid groups is 6. The van der Waals surface area contributed by atoms with Gasteiger partial charge in [-0.15, -0.1) is 0 Å². The fraction of sp³-hybridized carbons (Fsp3) is 0.600. The molecule has 4 rings (SSSR count). The number of nitrogens with one attached hydrogen (secondary N) is 2. The van der Waals surface area contributed by atoms with Gasteiger partial charge in [-0.3, -0.25) is 37.7 Å². The van der Waals surface area contributed by atoms with Gasteiger partial charge in [0.15, 0.2) is 0 Å². The summed E-state index contributed by atoms with van der Waals surface area (Å²) < 4.78 is 116. The first-order chi connectivity index (χ1) is 25.9. The molecule has 0 aromatic carbocycles. The zero-order valence-corrected chi connectivity index (χ0v) is 33.7. The Morgan fingerprint density at radius 1 is 0.614 bits per heavy atom. The highest BCUT2D eigenvalue weighted by Gasteiger charge is 2.53. The third-order valence-electron chi connectivity index (χ3n) is 7.14. The minimum atomic E-state index is -6.79. The third kappa shape index (κ3) is 13.5. The van der Waals surface area contributed by atoms with E-state index in [0.717, 1.165) is 21.5 Å². The first-order valence-corrected chi connectivity index (χ1v) is 24.0. The summed E-state index contributed by atoms with van der Waals surface area (Å²) in [6.45, 7) is 0.165. The molecule has 0 aliphatic carbocycles.